The summed E-state index contributed by atoms with van der Waals surface area (Å²) in [4.78, 5) is 49.4. The summed E-state index contributed by atoms with van der Waals surface area (Å²) in [5, 5.41) is 8.04. The molecule has 174 valence electrons. The first-order chi connectivity index (χ1) is 14.7. The van der Waals surface area contributed by atoms with Gasteiger partial charge in [-0.3, -0.25) is 14.4 Å². The van der Waals surface area contributed by atoms with E-state index >= 15 is 0 Å². The lowest BCUT2D eigenvalue weighted by Crippen LogP contribution is -2.57. The molecule has 0 aromatic carbocycles. The van der Waals surface area contributed by atoms with Crippen molar-refractivity contribution in [3.8, 4) is 0 Å². The first-order valence-corrected chi connectivity index (χ1v) is 11.7. The van der Waals surface area contributed by atoms with Gasteiger partial charge in [-0.25, -0.2) is 4.79 Å². The van der Waals surface area contributed by atoms with Crippen LogP contribution in [0, 0.1) is 29.1 Å². The molecule has 3 N–H and O–H groups in total. The molecule has 8 nitrogen and oxygen atoms in total. The fourth-order valence-electron chi connectivity index (χ4n) is 5.96. The second kappa shape index (κ2) is 10.0. The van der Waals surface area contributed by atoms with Crippen LogP contribution in [0.2, 0.25) is 0 Å². The van der Waals surface area contributed by atoms with E-state index in [1.54, 1.807) is 0 Å². The summed E-state index contributed by atoms with van der Waals surface area (Å²) >= 11 is 0. The van der Waals surface area contributed by atoms with Gasteiger partial charge < -0.3 is 20.7 Å². The quantitative estimate of drug-likeness (QED) is 0.450. The van der Waals surface area contributed by atoms with Gasteiger partial charge in [-0.05, 0) is 68.6 Å². The number of amides is 3. The van der Waals surface area contributed by atoms with Crippen LogP contribution >= 0.6 is 0 Å². The summed E-state index contributed by atoms with van der Waals surface area (Å²) < 4.78 is 5.16. The third-order valence-electron chi connectivity index (χ3n) is 7.09. The molecule has 31 heavy (non-hydrogen) atoms. The minimum Gasteiger partial charge on any atom is -0.454 e. The van der Waals surface area contributed by atoms with Crippen molar-refractivity contribution in [1.82, 2.24) is 16.0 Å². The Balaban J connectivity index is 1.49. The molecule has 0 radical (unpaired) electrons. The fraction of sp³-hybridized carbons (Fsp3) is 0.826. The van der Waals surface area contributed by atoms with Crippen LogP contribution in [0.3, 0.4) is 0 Å². The second-order valence-corrected chi connectivity index (χ2v) is 10.1. The molecule has 4 bridgehead atoms. The summed E-state index contributed by atoms with van der Waals surface area (Å²) in [7, 11) is 0. The fourth-order valence-corrected chi connectivity index (χ4v) is 5.96. The van der Waals surface area contributed by atoms with E-state index in [-0.39, 0.29) is 29.7 Å². The number of carbonyl (C=O) groups excluding carboxylic acids is 4. The maximum absolute atomic E-state index is 13.3. The van der Waals surface area contributed by atoms with E-state index in [9.17, 15) is 19.2 Å². The topological polar surface area (TPSA) is 114 Å². The van der Waals surface area contributed by atoms with Crippen molar-refractivity contribution in [2.24, 2.45) is 29.1 Å². The van der Waals surface area contributed by atoms with Crippen LogP contribution < -0.4 is 16.0 Å². The summed E-state index contributed by atoms with van der Waals surface area (Å²) in [5.74, 6) is 0.282. The number of rotatable bonds is 10. The number of hydrogen-bond acceptors (Lipinski definition) is 5. The number of carbonyl (C=O) groups is 4. The molecular formula is C23H37N3O5. The lowest BCUT2D eigenvalue weighted by atomic mass is 9.49. The van der Waals surface area contributed by atoms with Crippen LogP contribution in [0.4, 0.5) is 0 Å². The van der Waals surface area contributed by atoms with Crippen molar-refractivity contribution in [3.05, 3.63) is 0 Å². The molecule has 0 aromatic rings. The summed E-state index contributed by atoms with van der Waals surface area (Å²) in [5.41, 5.74) is -0.342. The molecule has 4 fully saturated rings. The number of ether oxygens (including phenoxy) is 1. The Labute approximate surface area is 184 Å². The molecule has 0 heterocycles. The zero-order valence-electron chi connectivity index (χ0n) is 19.0. The highest BCUT2D eigenvalue weighted by Gasteiger charge is 2.55. The molecule has 1 atom stereocenters. The van der Waals surface area contributed by atoms with E-state index in [1.165, 1.54) is 19.3 Å². The Kier molecular flexibility index (Phi) is 7.59. The van der Waals surface area contributed by atoms with Gasteiger partial charge in [0.1, 0.15) is 6.04 Å². The average Bonchev–Trinajstić information content (AvgIpc) is 2.71. The lowest BCUT2D eigenvalue weighted by Gasteiger charge is -2.55. The summed E-state index contributed by atoms with van der Waals surface area (Å²) in [6.45, 7) is 5.55. The molecule has 0 spiro atoms. The van der Waals surface area contributed by atoms with E-state index < -0.39 is 24.5 Å². The lowest BCUT2D eigenvalue weighted by molar-refractivity contribution is -0.157. The SMILES string of the molecule is CCCNC(=O)CNC(=O)COC(=O)[C@@H](NC(=O)C12CC3CC(CC(C3)C1)C2)C(C)C. The van der Waals surface area contributed by atoms with Crippen molar-refractivity contribution in [1.29, 1.82) is 0 Å². The van der Waals surface area contributed by atoms with Gasteiger partial charge in [0.25, 0.3) is 5.91 Å². The molecule has 4 aliphatic carbocycles. The van der Waals surface area contributed by atoms with Crippen LogP contribution in [0.5, 0.6) is 0 Å². The van der Waals surface area contributed by atoms with Crippen molar-refractivity contribution < 1.29 is 23.9 Å². The standard InChI is InChI=1S/C23H37N3O5/c1-4-5-24-18(27)12-25-19(28)13-31-21(29)20(14(2)3)26-22(30)23-9-15-6-16(10-23)8-17(7-15)11-23/h14-17,20H,4-13H2,1-3H3,(H,24,27)(H,25,28)(H,26,30)/t15?,16?,17?,20-,23?/m0/s1. The molecular weight excluding hydrogens is 398 g/mol. The third kappa shape index (κ3) is 5.77. The Bertz CT molecular complexity index is 670. The van der Waals surface area contributed by atoms with Crippen molar-refractivity contribution in [2.75, 3.05) is 19.7 Å². The first kappa shape index (κ1) is 23.5. The molecule has 0 aromatic heterocycles. The molecule has 0 aliphatic heterocycles. The third-order valence-corrected chi connectivity index (χ3v) is 7.09. The average molecular weight is 436 g/mol. The van der Waals surface area contributed by atoms with E-state index in [0.717, 1.165) is 25.7 Å². The molecule has 0 saturated heterocycles. The molecule has 3 amide bonds. The Morgan fingerprint density at radius 1 is 0.935 bits per heavy atom. The Hall–Kier alpha value is -2.12. The minimum absolute atomic E-state index is 0.0284. The monoisotopic (exact) mass is 435 g/mol. The summed E-state index contributed by atoms with van der Waals surface area (Å²) in [6, 6.07) is -0.791. The smallest absolute Gasteiger partial charge is 0.329 e. The largest absolute Gasteiger partial charge is 0.454 e. The van der Waals surface area contributed by atoms with Crippen molar-refractivity contribution in [2.45, 2.75) is 71.8 Å². The van der Waals surface area contributed by atoms with Gasteiger partial charge in [-0.1, -0.05) is 20.8 Å². The number of nitrogens with one attached hydrogen (secondary N) is 3. The molecule has 4 rings (SSSR count). The Morgan fingerprint density at radius 2 is 1.52 bits per heavy atom. The first-order valence-electron chi connectivity index (χ1n) is 11.7. The van der Waals surface area contributed by atoms with Gasteiger partial charge >= 0.3 is 5.97 Å². The van der Waals surface area contributed by atoms with Gasteiger partial charge in [0.15, 0.2) is 6.61 Å². The van der Waals surface area contributed by atoms with E-state index in [1.807, 2.05) is 20.8 Å². The second-order valence-electron chi connectivity index (χ2n) is 10.1. The van der Waals surface area contributed by atoms with Crippen molar-refractivity contribution in [3.63, 3.8) is 0 Å². The van der Waals surface area contributed by atoms with E-state index in [0.29, 0.717) is 24.3 Å². The zero-order chi connectivity index (χ0) is 22.6. The number of esters is 1. The maximum atomic E-state index is 13.3. The van der Waals surface area contributed by atoms with Crippen LogP contribution in [0.15, 0.2) is 0 Å². The van der Waals surface area contributed by atoms with Gasteiger partial charge in [0, 0.05) is 12.0 Å². The summed E-state index contributed by atoms with van der Waals surface area (Å²) in [6.07, 6.45) is 7.31. The highest BCUT2D eigenvalue weighted by molar-refractivity contribution is 5.90. The molecule has 0 unspecified atom stereocenters. The van der Waals surface area contributed by atoms with E-state index in [4.69, 9.17) is 4.74 Å². The van der Waals surface area contributed by atoms with Gasteiger partial charge in [-0.2, -0.15) is 0 Å². The molecule has 4 saturated carbocycles. The van der Waals surface area contributed by atoms with Gasteiger partial charge in [0.2, 0.25) is 11.8 Å². The van der Waals surface area contributed by atoms with Crippen LogP contribution in [-0.4, -0.2) is 49.4 Å². The Morgan fingerprint density at radius 3 is 2.03 bits per heavy atom. The van der Waals surface area contributed by atoms with Gasteiger partial charge in [-0.15, -0.1) is 0 Å². The maximum Gasteiger partial charge on any atom is 0.329 e. The number of hydrogen-bond donors (Lipinski definition) is 3. The normalized spacial score (nSPS) is 29.4. The highest BCUT2D eigenvalue weighted by Crippen LogP contribution is 2.60. The van der Waals surface area contributed by atoms with Gasteiger partial charge in [0.05, 0.1) is 6.54 Å². The zero-order valence-corrected chi connectivity index (χ0v) is 19.0. The van der Waals surface area contributed by atoms with Crippen LogP contribution in [0.25, 0.3) is 0 Å². The highest BCUT2D eigenvalue weighted by atomic mass is 16.5. The minimum atomic E-state index is -0.791. The molecule has 8 heteroatoms. The predicted molar refractivity (Wildman–Crippen MR) is 115 cm³/mol. The van der Waals surface area contributed by atoms with Crippen molar-refractivity contribution >= 4 is 23.7 Å². The van der Waals surface area contributed by atoms with E-state index in [2.05, 4.69) is 16.0 Å². The van der Waals surface area contributed by atoms with Crippen LogP contribution in [0.1, 0.15) is 65.7 Å². The predicted octanol–water partition coefficient (Wildman–Crippen LogP) is 1.53. The molecule has 4 aliphatic rings. The van der Waals surface area contributed by atoms with Crippen LogP contribution in [-0.2, 0) is 23.9 Å².